The molecule has 9 N–H and O–H groups in total. The summed E-state index contributed by atoms with van der Waals surface area (Å²) in [6.45, 7) is 1.20. The number of aromatic amines is 1. The Labute approximate surface area is 164 Å². The molecule has 0 aliphatic heterocycles. The number of aromatic nitrogens is 4. The fraction of sp³-hybridized carbons (Fsp3) is 0.467. The van der Waals surface area contributed by atoms with Crippen LogP contribution in [0.3, 0.4) is 0 Å². The van der Waals surface area contributed by atoms with Gasteiger partial charge >= 0.3 is 12.0 Å². The van der Waals surface area contributed by atoms with E-state index in [1.807, 2.05) is 0 Å². The number of aliphatic hydroxyl groups is 1. The van der Waals surface area contributed by atoms with Gasteiger partial charge in [0, 0.05) is 18.3 Å². The van der Waals surface area contributed by atoms with Crippen LogP contribution in [0.1, 0.15) is 42.9 Å². The molecule has 0 spiro atoms. The van der Waals surface area contributed by atoms with E-state index in [2.05, 4.69) is 30.8 Å². The lowest BCUT2D eigenvalue weighted by molar-refractivity contribution is -0.141. The Hall–Kier alpha value is -3.52. The van der Waals surface area contributed by atoms with Crippen molar-refractivity contribution in [3.63, 3.8) is 0 Å². The molecule has 158 valence electrons. The first-order chi connectivity index (χ1) is 13.7. The first-order valence-electron chi connectivity index (χ1n) is 8.49. The fourth-order valence-corrected chi connectivity index (χ4v) is 2.39. The summed E-state index contributed by atoms with van der Waals surface area (Å²) < 4.78 is 5.46. The zero-order valence-electron chi connectivity index (χ0n) is 15.4. The van der Waals surface area contributed by atoms with Gasteiger partial charge in [-0.25, -0.2) is 14.6 Å². The molecule has 29 heavy (non-hydrogen) atoms. The number of carboxylic acids is 1. The summed E-state index contributed by atoms with van der Waals surface area (Å²) in [6, 6.07) is -4.35. The lowest BCUT2D eigenvalue weighted by atomic mass is 10.2. The van der Waals surface area contributed by atoms with Gasteiger partial charge in [0.2, 0.25) is 17.7 Å². The van der Waals surface area contributed by atoms with Gasteiger partial charge in [-0.2, -0.15) is 0 Å². The number of nitrogens with zero attached hydrogens (tertiary/aromatic N) is 3. The average Bonchev–Trinajstić information content (AvgIpc) is 3.29. The Morgan fingerprint density at radius 2 is 1.97 bits per heavy atom. The second-order valence-corrected chi connectivity index (χ2v) is 6.26. The maximum atomic E-state index is 12.1. The topological polar surface area (TPSA) is 235 Å². The largest absolute Gasteiger partial charge is 0.480 e. The number of urea groups is 1. The molecule has 0 aliphatic rings. The van der Waals surface area contributed by atoms with Crippen LogP contribution in [-0.4, -0.2) is 60.4 Å². The van der Waals surface area contributed by atoms with E-state index in [4.69, 9.17) is 21.0 Å². The lowest BCUT2D eigenvalue weighted by Gasteiger charge is -2.19. The van der Waals surface area contributed by atoms with Crippen LogP contribution in [0.5, 0.6) is 0 Å². The number of nitrogens with one attached hydrogen (secondary N) is 3. The van der Waals surface area contributed by atoms with E-state index in [9.17, 15) is 19.5 Å². The number of hydrogen-bond donors (Lipinski definition) is 7. The molecule has 0 saturated heterocycles. The quantitative estimate of drug-likeness (QED) is 0.229. The Kier molecular flexibility index (Phi) is 7.21. The van der Waals surface area contributed by atoms with Crippen molar-refractivity contribution >= 4 is 17.9 Å². The van der Waals surface area contributed by atoms with Crippen LogP contribution in [-0.2, 0) is 16.0 Å². The van der Waals surface area contributed by atoms with Gasteiger partial charge in [-0.15, -0.1) is 10.2 Å². The van der Waals surface area contributed by atoms with Crippen molar-refractivity contribution in [3.8, 4) is 0 Å². The Morgan fingerprint density at radius 3 is 2.52 bits per heavy atom. The average molecular weight is 410 g/mol. The minimum atomic E-state index is -1.56. The number of carbonyl (C=O) groups is 3. The Bertz CT molecular complexity index is 836. The van der Waals surface area contributed by atoms with Gasteiger partial charge in [-0.05, 0) is 6.92 Å². The number of carbonyl (C=O) groups excluding carboxylic acids is 2. The number of nitrogens with two attached hydrogens (primary N) is 2. The molecule has 14 nitrogen and oxygen atoms in total. The van der Waals surface area contributed by atoms with Gasteiger partial charge in [-0.1, -0.05) is 0 Å². The van der Waals surface area contributed by atoms with Crippen LogP contribution < -0.4 is 22.1 Å². The highest BCUT2D eigenvalue weighted by atomic mass is 16.4. The molecule has 3 amide bonds. The van der Waals surface area contributed by atoms with Crippen molar-refractivity contribution in [2.45, 2.75) is 44.0 Å². The first-order valence-corrected chi connectivity index (χ1v) is 8.49. The number of hydrogen-bond acceptors (Lipinski definition) is 9. The van der Waals surface area contributed by atoms with E-state index >= 15 is 0 Å². The molecule has 4 atom stereocenters. The molecule has 0 aliphatic carbocycles. The standard InChI is InChI=1S/C15H22N8O6/c1-6(24)11(14(26)27)21-15(28)20-9(3-10(17)25)13-23-22-12(29-13)8(16)2-7-4-18-5-19-7/h4-6,8-9,11,24H,2-3,16H2,1H3,(H2,17,25)(H,18,19)(H,26,27)(H2,20,21,28)/t6?,8-,9-,11-/m0/s1. The molecule has 2 heterocycles. The summed E-state index contributed by atoms with van der Waals surface area (Å²) >= 11 is 0. The predicted molar refractivity (Wildman–Crippen MR) is 94.8 cm³/mol. The minimum absolute atomic E-state index is 0.0543. The molecule has 1 unspecified atom stereocenters. The third kappa shape index (κ3) is 6.25. The third-order valence-corrected chi connectivity index (χ3v) is 3.81. The van der Waals surface area contributed by atoms with E-state index in [0.717, 1.165) is 5.69 Å². The van der Waals surface area contributed by atoms with Gasteiger partial charge in [0.05, 0.1) is 24.9 Å². The van der Waals surface area contributed by atoms with E-state index in [1.54, 1.807) is 6.20 Å². The maximum absolute atomic E-state index is 12.1. The van der Waals surface area contributed by atoms with Crippen LogP contribution in [0.15, 0.2) is 16.9 Å². The van der Waals surface area contributed by atoms with Gasteiger partial charge in [0.15, 0.2) is 6.04 Å². The van der Waals surface area contributed by atoms with Crippen LogP contribution in [0, 0.1) is 0 Å². The molecule has 14 heteroatoms. The van der Waals surface area contributed by atoms with Crippen molar-refractivity contribution in [1.82, 2.24) is 30.8 Å². The summed E-state index contributed by atoms with van der Waals surface area (Å²) in [5.74, 6) is -2.30. The smallest absolute Gasteiger partial charge is 0.328 e. The summed E-state index contributed by atoms with van der Waals surface area (Å²) in [4.78, 5) is 41.3. The molecule has 0 fully saturated rings. The number of H-pyrrole nitrogens is 1. The molecular formula is C15H22N8O6. The molecular weight excluding hydrogens is 388 g/mol. The van der Waals surface area contributed by atoms with Crippen molar-refractivity contribution in [3.05, 3.63) is 30.0 Å². The Balaban J connectivity index is 2.09. The van der Waals surface area contributed by atoms with Crippen molar-refractivity contribution < 1.29 is 29.0 Å². The number of primary amides is 1. The second-order valence-electron chi connectivity index (χ2n) is 6.26. The summed E-state index contributed by atoms with van der Waals surface area (Å²) in [5.41, 5.74) is 11.9. The first kappa shape index (κ1) is 21.8. The number of amides is 3. The maximum Gasteiger partial charge on any atom is 0.328 e. The van der Waals surface area contributed by atoms with Gasteiger partial charge < -0.3 is 41.7 Å². The number of imidazole rings is 1. The number of rotatable bonds is 10. The van der Waals surface area contributed by atoms with Crippen LogP contribution in [0.4, 0.5) is 4.79 Å². The van der Waals surface area contributed by atoms with E-state index in [0.29, 0.717) is 6.42 Å². The van der Waals surface area contributed by atoms with Crippen LogP contribution in [0.2, 0.25) is 0 Å². The molecule has 0 radical (unpaired) electrons. The SMILES string of the molecule is CC(O)[C@H](NC(=O)N[C@@H](CC(N)=O)c1nnc([C@@H](N)Cc2cnc[nH]2)o1)C(=O)O. The molecule has 2 aromatic rings. The number of aliphatic hydroxyl groups excluding tert-OH is 1. The van der Waals surface area contributed by atoms with Gasteiger partial charge in [-0.3, -0.25) is 4.79 Å². The van der Waals surface area contributed by atoms with E-state index < -0.39 is 48.6 Å². The normalized spacial score (nSPS) is 15.1. The molecule has 0 bridgehead atoms. The highest BCUT2D eigenvalue weighted by Crippen LogP contribution is 2.19. The zero-order chi connectivity index (χ0) is 21.6. The highest BCUT2D eigenvalue weighted by molar-refractivity contribution is 5.83. The van der Waals surface area contributed by atoms with E-state index in [1.165, 1.54) is 13.3 Å². The minimum Gasteiger partial charge on any atom is -0.480 e. The van der Waals surface area contributed by atoms with Gasteiger partial charge in [0.1, 0.15) is 6.04 Å². The molecule has 2 rings (SSSR count). The molecule has 2 aromatic heterocycles. The summed E-state index contributed by atoms with van der Waals surface area (Å²) in [5, 5.41) is 30.5. The lowest BCUT2D eigenvalue weighted by Crippen LogP contribution is -2.52. The summed E-state index contributed by atoms with van der Waals surface area (Å²) in [6.07, 6.45) is 1.65. The number of aliphatic carboxylic acids is 1. The van der Waals surface area contributed by atoms with Crippen molar-refractivity contribution in [2.24, 2.45) is 11.5 Å². The number of carboxylic acid groups (broad SMARTS) is 1. The van der Waals surface area contributed by atoms with Gasteiger partial charge in [0.25, 0.3) is 0 Å². The monoisotopic (exact) mass is 410 g/mol. The van der Waals surface area contributed by atoms with Crippen LogP contribution in [0.25, 0.3) is 0 Å². The fourth-order valence-electron chi connectivity index (χ4n) is 2.39. The highest BCUT2D eigenvalue weighted by Gasteiger charge is 2.29. The Morgan fingerprint density at radius 1 is 1.28 bits per heavy atom. The van der Waals surface area contributed by atoms with Crippen molar-refractivity contribution in [2.75, 3.05) is 0 Å². The third-order valence-electron chi connectivity index (χ3n) is 3.81. The van der Waals surface area contributed by atoms with Crippen molar-refractivity contribution in [1.29, 1.82) is 0 Å². The predicted octanol–water partition coefficient (Wildman–Crippen LogP) is -1.92. The molecule has 0 aromatic carbocycles. The zero-order valence-corrected chi connectivity index (χ0v) is 15.4. The summed E-state index contributed by atoms with van der Waals surface area (Å²) in [7, 11) is 0. The van der Waals surface area contributed by atoms with Crippen LogP contribution >= 0.6 is 0 Å². The second kappa shape index (κ2) is 9.61. The van der Waals surface area contributed by atoms with E-state index in [-0.39, 0.29) is 11.8 Å². The molecule has 0 saturated carbocycles.